The van der Waals surface area contributed by atoms with E-state index in [0.717, 1.165) is 0 Å². The van der Waals surface area contributed by atoms with Crippen LogP contribution in [-0.2, 0) is 19.6 Å². The Morgan fingerprint density at radius 2 is 1.79 bits per heavy atom. The van der Waals surface area contributed by atoms with Gasteiger partial charge in [0.05, 0.1) is 17.2 Å². The molecule has 0 aliphatic carbocycles. The highest BCUT2D eigenvalue weighted by Gasteiger charge is 2.31. The number of esters is 1. The minimum atomic E-state index is -3.83. The van der Waals surface area contributed by atoms with E-state index in [1.54, 1.807) is 18.2 Å². The molecular weight excluding hydrogens is 335 g/mol. The Hall–Kier alpha value is -2.45. The average molecular weight is 350 g/mol. The van der Waals surface area contributed by atoms with Crippen LogP contribution in [0, 0.1) is 5.82 Å². The third kappa shape index (κ3) is 3.55. The van der Waals surface area contributed by atoms with Gasteiger partial charge in [-0.3, -0.25) is 4.79 Å². The van der Waals surface area contributed by atoms with Gasteiger partial charge in [-0.05, 0) is 36.4 Å². The van der Waals surface area contributed by atoms with Gasteiger partial charge in [0, 0.05) is 12.1 Å². The lowest BCUT2D eigenvalue weighted by Gasteiger charge is -2.11. The number of para-hydroxylation sites is 1. The molecule has 1 saturated heterocycles. The van der Waals surface area contributed by atoms with Crippen LogP contribution in [0.25, 0.3) is 0 Å². The van der Waals surface area contributed by atoms with Gasteiger partial charge in [0.1, 0.15) is 11.9 Å². The van der Waals surface area contributed by atoms with E-state index in [4.69, 9.17) is 4.74 Å². The number of ether oxygens (including phenoxy) is 1. The van der Waals surface area contributed by atoms with Gasteiger partial charge in [0.2, 0.25) is 10.0 Å². The van der Waals surface area contributed by atoms with Gasteiger partial charge in [0.25, 0.3) is 0 Å². The van der Waals surface area contributed by atoms with Crippen LogP contribution >= 0.6 is 0 Å². The number of cyclic esters (lactones) is 1. The fraction of sp³-hybridized carbons (Fsp3) is 0.188. The molecule has 6 nitrogen and oxygen atoms in total. The van der Waals surface area contributed by atoms with E-state index in [9.17, 15) is 17.6 Å². The monoisotopic (exact) mass is 350 g/mol. The molecule has 1 atom stereocenters. The molecule has 1 aliphatic heterocycles. The topological polar surface area (TPSA) is 84.5 Å². The normalized spacial score (nSPS) is 17.5. The lowest BCUT2D eigenvalue weighted by molar-refractivity contribution is -0.139. The van der Waals surface area contributed by atoms with Gasteiger partial charge < -0.3 is 10.1 Å². The molecule has 1 aliphatic rings. The molecule has 2 aromatic carbocycles. The van der Waals surface area contributed by atoms with Crippen molar-refractivity contribution in [1.82, 2.24) is 4.72 Å². The van der Waals surface area contributed by atoms with E-state index >= 15 is 0 Å². The molecule has 0 bridgehead atoms. The number of benzene rings is 2. The molecule has 0 unspecified atom stereocenters. The minimum absolute atomic E-state index is 0.0151. The van der Waals surface area contributed by atoms with Gasteiger partial charge in [-0.2, -0.15) is 4.72 Å². The van der Waals surface area contributed by atoms with E-state index in [-0.39, 0.29) is 11.5 Å². The predicted molar refractivity (Wildman–Crippen MR) is 85.8 cm³/mol. The van der Waals surface area contributed by atoms with Crippen LogP contribution in [0.5, 0.6) is 0 Å². The van der Waals surface area contributed by atoms with Crippen LogP contribution in [0.1, 0.15) is 6.42 Å². The van der Waals surface area contributed by atoms with Crippen molar-refractivity contribution in [3.05, 3.63) is 54.3 Å². The van der Waals surface area contributed by atoms with Crippen LogP contribution < -0.4 is 10.0 Å². The molecular formula is C16H15FN2O4S. The zero-order valence-corrected chi connectivity index (χ0v) is 13.3. The summed E-state index contributed by atoms with van der Waals surface area (Å²) in [5.74, 6) is -0.980. The predicted octanol–water partition coefficient (Wildman–Crippen LogP) is 2.16. The first-order valence-corrected chi connectivity index (χ1v) is 8.74. The number of halogens is 1. The largest absolute Gasteiger partial charge is 0.464 e. The molecule has 0 aromatic heterocycles. The van der Waals surface area contributed by atoms with E-state index in [0.29, 0.717) is 17.8 Å². The standard InChI is InChI=1S/C16H15FN2O4S/c17-13-3-1-2-4-14(13)18-11-5-7-12(8-6-11)24(21,22)19-15-9-10-23-16(15)20/h1-8,15,18-19H,9-10H2/t15-/m0/s1. The second kappa shape index (κ2) is 6.58. The summed E-state index contributed by atoms with van der Waals surface area (Å²) in [5, 5.41) is 2.87. The first kappa shape index (κ1) is 16.4. The minimum Gasteiger partial charge on any atom is -0.464 e. The molecule has 24 heavy (non-hydrogen) atoms. The molecule has 8 heteroatoms. The van der Waals surface area contributed by atoms with Gasteiger partial charge in [0.15, 0.2) is 0 Å². The number of carbonyl (C=O) groups excluding carboxylic acids is 1. The second-order valence-corrected chi connectivity index (χ2v) is 6.97. The number of nitrogens with one attached hydrogen (secondary N) is 2. The van der Waals surface area contributed by atoms with Crippen molar-refractivity contribution in [2.75, 3.05) is 11.9 Å². The van der Waals surface area contributed by atoms with Crippen LogP contribution in [0.3, 0.4) is 0 Å². The van der Waals surface area contributed by atoms with E-state index in [2.05, 4.69) is 10.0 Å². The molecule has 0 amide bonds. The number of hydrogen-bond donors (Lipinski definition) is 2. The van der Waals surface area contributed by atoms with E-state index < -0.39 is 27.9 Å². The van der Waals surface area contributed by atoms with Crippen molar-refractivity contribution < 1.29 is 22.3 Å². The number of sulfonamides is 1. The third-order valence-electron chi connectivity index (χ3n) is 3.55. The number of rotatable bonds is 5. The fourth-order valence-electron chi connectivity index (χ4n) is 2.29. The smallest absolute Gasteiger partial charge is 0.324 e. The zero-order chi connectivity index (χ0) is 17.2. The molecule has 2 N–H and O–H groups in total. The number of anilines is 2. The highest BCUT2D eigenvalue weighted by molar-refractivity contribution is 7.89. The van der Waals surface area contributed by atoms with Crippen LogP contribution in [-0.4, -0.2) is 27.0 Å². The van der Waals surface area contributed by atoms with E-state index in [1.165, 1.54) is 30.3 Å². The Bertz CT molecular complexity index is 853. The summed E-state index contributed by atoms with van der Waals surface area (Å²) in [6, 6.07) is 11.1. The highest BCUT2D eigenvalue weighted by atomic mass is 32.2. The summed E-state index contributed by atoms with van der Waals surface area (Å²) >= 11 is 0. The van der Waals surface area contributed by atoms with Crippen LogP contribution in [0.4, 0.5) is 15.8 Å². The maximum absolute atomic E-state index is 13.6. The van der Waals surface area contributed by atoms with Gasteiger partial charge in [-0.25, -0.2) is 12.8 Å². The van der Waals surface area contributed by atoms with Crippen molar-refractivity contribution in [1.29, 1.82) is 0 Å². The van der Waals surface area contributed by atoms with Gasteiger partial charge in [-0.15, -0.1) is 0 Å². The summed E-state index contributed by atoms with van der Waals surface area (Å²) in [5.41, 5.74) is 0.833. The Labute approximate surface area is 138 Å². The van der Waals surface area contributed by atoms with Crippen molar-refractivity contribution in [2.45, 2.75) is 17.4 Å². The molecule has 0 spiro atoms. The zero-order valence-electron chi connectivity index (χ0n) is 12.5. The van der Waals surface area contributed by atoms with Gasteiger partial charge in [-0.1, -0.05) is 12.1 Å². The third-order valence-corrected chi connectivity index (χ3v) is 5.04. The maximum atomic E-state index is 13.6. The molecule has 0 radical (unpaired) electrons. The quantitative estimate of drug-likeness (QED) is 0.808. The molecule has 0 saturated carbocycles. The highest BCUT2D eigenvalue weighted by Crippen LogP contribution is 2.21. The summed E-state index contributed by atoms with van der Waals surface area (Å²) in [4.78, 5) is 11.4. The first-order valence-electron chi connectivity index (χ1n) is 7.26. The fourth-order valence-corrected chi connectivity index (χ4v) is 3.51. The summed E-state index contributed by atoms with van der Waals surface area (Å²) in [7, 11) is -3.83. The van der Waals surface area contributed by atoms with E-state index in [1.807, 2.05) is 0 Å². The lowest BCUT2D eigenvalue weighted by atomic mass is 10.2. The Balaban J connectivity index is 1.74. The van der Waals surface area contributed by atoms with Crippen LogP contribution in [0.2, 0.25) is 0 Å². The molecule has 3 rings (SSSR count). The number of carbonyl (C=O) groups is 1. The van der Waals surface area contributed by atoms with Crippen molar-refractivity contribution in [3.8, 4) is 0 Å². The Morgan fingerprint density at radius 3 is 2.42 bits per heavy atom. The molecule has 1 heterocycles. The summed E-state index contributed by atoms with van der Waals surface area (Å²) < 4.78 is 45.2. The first-order chi connectivity index (χ1) is 11.5. The Kier molecular flexibility index (Phi) is 4.50. The van der Waals surface area contributed by atoms with Crippen LogP contribution in [0.15, 0.2) is 53.4 Å². The summed E-state index contributed by atoms with van der Waals surface area (Å²) in [6.07, 6.45) is 0.311. The maximum Gasteiger partial charge on any atom is 0.324 e. The molecule has 126 valence electrons. The SMILES string of the molecule is O=C1OCC[C@@H]1NS(=O)(=O)c1ccc(Nc2ccccc2F)cc1. The molecule has 2 aromatic rings. The van der Waals surface area contributed by atoms with Crippen molar-refractivity contribution in [3.63, 3.8) is 0 Å². The van der Waals surface area contributed by atoms with Gasteiger partial charge >= 0.3 is 5.97 Å². The summed E-state index contributed by atoms with van der Waals surface area (Å²) in [6.45, 7) is 0.206. The lowest BCUT2D eigenvalue weighted by Crippen LogP contribution is -2.37. The number of hydrogen-bond acceptors (Lipinski definition) is 5. The molecule has 1 fully saturated rings. The Morgan fingerprint density at radius 1 is 1.08 bits per heavy atom. The second-order valence-electron chi connectivity index (χ2n) is 5.26. The van der Waals surface area contributed by atoms with Crippen molar-refractivity contribution >= 4 is 27.4 Å². The average Bonchev–Trinajstić information content (AvgIpc) is 2.95. The van der Waals surface area contributed by atoms with Crippen molar-refractivity contribution in [2.24, 2.45) is 0 Å².